The molecule has 1 aliphatic rings. The largest absolute Gasteiger partial charge is 0.342 e. The Kier molecular flexibility index (Phi) is 6.54. The summed E-state index contributed by atoms with van der Waals surface area (Å²) in [4.78, 5) is 31.8. The number of thiazole rings is 1. The van der Waals surface area contributed by atoms with E-state index in [0.717, 1.165) is 24.0 Å². The third-order valence-corrected chi connectivity index (χ3v) is 6.28. The van der Waals surface area contributed by atoms with Crippen LogP contribution in [-0.2, 0) is 9.59 Å². The van der Waals surface area contributed by atoms with Gasteiger partial charge in [0, 0.05) is 37.0 Å². The fourth-order valence-electron chi connectivity index (χ4n) is 4.01. The molecule has 154 valence electrons. The maximum Gasteiger partial charge on any atom is 0.231 e. The molecule has 1 atom stereocenters. The van der Waals surface area contributed by atoms with Crippen LogP contribution in [0.1, 0.15) is 36.3 Å². The monoisotopic (exact) mass is 419 g/mol. The van der Waals surface area contributed by atoms with E-state index in [1.54, 1.807) is 6.20 Å². The van der Waals surface area contributed by atoms with Crippen molar-refractivity contribution in [3.63, 3.8) is 0 Å². The Balaban J connectivity index is 1.45. The van der Waals surface area contributed by atoms with Crippen LogP contribution in [0, 0.1) is 5.92 Å². The molecule has 4 rings (SSSR count). The number of hydrogen-bond donors (Lipinski definition) is 1. The Morgan fingerprint density at radius 3 is 2.33 bits per heavy atom. The van der Waals surface area contributed by atoms with Gasteiger partial charge in [-0.1, -0.05) is 60.7 Å². The number of hydrogen-bond acceptors (Lipinski definition) is 4. The molecule has 1 fully saturated rings. The molecule has 2 aromatic carbocycles. The molecule has 3 aromatic rings. The van der Waals surface area contributed by atoms with E-state index < -0.39 is 0 Å². The Morgan fingerprint density at radius 1 is 1.07 bits per heavy atom. The zero-order valence-corrected chi connectivity index (χ0v) is 17.6. The first-order valence-electron chi connectivity index (χ1n) is 10.3. The topological polar surface area (TPSA) is 62.3 Å². The van der Waals surface area contributed by atoms with Gasteiger partial charge in [-0.2, -0.15) is 0 Å². The fourth-order valence-corrected chi connectivity index (χ4v) is 4.54. The normalized spacial score (nSPS) is 16.4. The number of carbonyl (C=O) groups is 2. The molecule has 0 aliphatic carbocycles. The highest BCUT2D eigenvalue weighted by molar-refractivity contribution is 7.13. The minimum atomic E-state index is -0.196. The minimum Gasteiger partial charge on any atom is -0.342 e. The van der Waals surface area contributed by atoms with E-state index in [1.807, 2.05) is 46.7 Å². The molecule has 30 heavy (non-hydrogen) atoms. The first-order chi connectivity index (χ1) is 14.7. The molecular weight excluding hydrogens is 394 g/mol. The van der Waals surface area contributed by atoms with Crippen LogP contribution in [0.2, 0.25) is 0 Å². The number of benzene rings is 2. The van der Waals surface area contributed by atoms with Crippen molar-refractivity contribution in [2.45, 2.75) is 25.2 Å². The van der Waals surface area contributed by atoms with Gasteiger partial charge in [-0.3, -0.25) is 9.59 Å². The summed E-state index contributed by atoms with van der Waals surface area (Å²) in [5, 5.41) is 5.32. The number of amides is 2. The molecule has 1 aliphatic heterocycles. The number of nitrogens with zero attached hydrogens (tertiary/aromatic N) is 2. The summed E-state index contributed by atoms with van der Waals surface area (Å²) >= 11 is 1.40. The summed E-state index contributed by atoms with van der Waals surface area (Å²) in [6, 6.07) is 20.3. The van der Waals surface area contributed by atoms with Crippen LogP contribution in [0.15, 0.2) is 72.2 Å². The highest BCUT2D eigenvalue weighted by Crippen LogP contribution is 2.30. The van der Waals surface area contributed by atoms with Crippen LogP contribution >= 0.6 is 11.3 Å². The van der Waals surface area contributed by atoms with Crippen LogP contribution in [0.3, 0.4) is 0 Å². The van der Waals surface area contributed by atoms with Crippen LogP contribution in [0.25, 0.3) is 0 Å². The molecule has 0 saturated carbocycles. The molecule has 6 heteroatoms. The van der Waals surface area contributed by atoms with E-state index in [1.165, 1.54) is 11.3 Å². The Labute approximate surface area is 180 Å². The second-order valence-electron chi connectivity index (χ2n) is 7.58. The van der Waals surface area contributed by atoms with E-state index >= 15 is 0 Å². The van der Waals surface area contributed by atoms with E-state index in [9.17, 15) is 9.59 Å². The predicted octanol–water partition coefficient (Wildman–Crippen LogP) is 4.54. The number of aromatic nitrogens is 1. The van der Waals surface area contributed by atoms with Gasteiger partial charge in [-0.25, -0.2) is 4.98 Å². The van der Waals surface area contributed by atoms with Crippen LogP contribution in [0.5, 0.6) is 0 Å². The van der Waals surface area contributed by atoms with Crippen molar-refractivity contribution in [3.8, 4) is 0 Å². The second-order valence-corrected chi connectivity index (χ2v) is 8.48. The fraction of sp³-hybridized carbons (Fsp3) is 0.292. The van der Waals surface area contributed by atoms with Gasteiger partial charge >= 0.3 is 0 Å². The molecule has 2 amide bonds. The highest BCUT2D eigenvalue weighted by atomic mass is 32.1. The number of carbonyl (C=O) groups excluding carboxylic acids is 2. The van der Waals surface area contributed by atoms with Crippen molar-refractivity contribution in [2.75, 3.05) is 18.4 Å². The molecule has 1 aromatic heterocycles. The van der Waals surface area contributed by atoms with Crippen molar-refractivity contribution in [3.05, 3.63) is 83.4 Å². The minimum absolute atomic E-state index is 0.00409. The summed E-state index contributed by atoms with van der Waals surface area (Å²) in [6.07, 6.45) is 3.70. The maximum absolute atomic E-state index is 13.2. The summed E-state index contributed by atoms with van der Waals surface area (Å²) in [5.74, 6) is -0.146. The lowest BCUT2D eigenvalue weighted by Gasteiger charge is -2.33. The van der Waals surface area contributed by atoms with Gasteiger partial charge in [-0.15, -0.1) is 11.3 Å². The molecule has 0 bridgehead atoms. The van der Waals surface area contributed by atoms with Crippen LogP contribution in [-0.4, -0.2) is 34.8 Å². The Hall–Kier alpha value is -2.99. The van der Waals surface area contributed by atoms with Crippen LogP contribution in [0.4, 0.5) is 5.13 Å². The second kappa shape index (κ2) is 9.67. The van der Waals surface area contributed by atoms with Gasteiger partial charge in [0.2, 0.25) is 11.8 Å². The van der Waals surface area contributed by atoms with Crippen LogP contribution < -0.4 is 5.32 Å². The first-order valence-corrected chi connectivity index (χ1v) is 11.2. The SMILES string of the molecule is O=C(Nc1nccs1)C1CCCN(C(=O)CC(c2ccccc2)c2ccccc2)C1. The van der Waals surface area contributed by atoms with Gasteiger partial charge in [0.1, 0.15) is 0 Å². The number of nitrogens with one attached hydrogen (secondary N) is 1. The maximum atomic E-state index is 13.2. The predicted molar refractivity (Wildman–Crippen MR) is 119 cm³/mol. The van der Waals surface area contributed by atoms with Crippen molar-refractivity contribution in [1.82, 2.24) is 9.88 Å². The molecule has 0 spiro atoms. The first kappa shape index (κ1) is 20.3. The van der Waals surface area contributed by atoms with E-state index in [0.29, 0.717) is 24.6 Å². The van der Waals surface area contributed by atoms with Gasteiger partial charge in [-0.05, 0) is 24.0 Å². The molecule has 5 nitrogen and oxygen atoms in total. The number of piperidine rings is 1. The van der Waals surface area contributed by atoms with Crippen molar-refractivity contribution < 1.29 is 9.59 Å². The average Bonchev–Trinajstić information content (AvgIpc) is 3.31. The standard InChI is InChI=1S/C24H25N3O2S/c28-22(16-21(18-8-3-1-4-9-18)19-10-5-2-6-11-19)27-14-7-12-20(17-27)23(29)26-24-25-13-15-30-24/h1-6,8-11,13,15,20-21H,7,12,14,16-17H2,(H,25,26,29). The zero-order valence-electron chi connectivity index (χ0n) is 16.7. The number of anilines is 1. The Bertz CT molecular complexity index is 921. The van der Waals surface area contributed by atoms with Gasteiger partial charge < -0.3 is 10.2 Å². The van der Waals surface area contributed by atoms with Crippen molar-refractivity contribution in [1.29, 1.82) is 0 Å². The average molecular weight is 420 g/mol. The van der Waals surface area contributed by atoms with Crippen molar-refractivity contribution in [2.24, 2.45) is 5.92 Å². The van der Waals surface area contributed by atoms with E-state index in [-0.39, 0.29) is 23.7 Å². The highest BCUT2D eigenvalue weighted by Gasteiger charge is 2.30. The summed E-state index contributed by atoms with van der Waals surface area (Å²) in [6.45, 7) is 1.17. The lowest BCUT2D eigenvalue weighted by molar-refractivity contribution is -0.134. The van der Waals surface area contributed by atoms with Gasteiger partial charge in [0.05, 0.1) is 5.92 Å². The lowest BCUT2D eigenvalue weighted by Crippen LogP contribution is -2.44. The molecule has 0 radical (unpaired) electrons. The summed E-state index contributed by atoms with van der Waals surface area (Å²) in [7, 11) is 0. The van der Waals surface area contributed by atoms with Gasteiger partial charge in [0.25, 0.3) is 0 Å². The van der Waals surface area contributed by atoms with Gasteiger partial charge in [0.15, 0.2) is 5.13 Å². The van der Waals surface area contributed by atoms with Crippen molar-refractivity contribution >= 4 is 28.3 Å². The van der Waals surface area contributed by atoms with E-state index in [4.69, 9.17) is 0 Å². The smallest absolute Gasteiger partial charge is 0.231 e. The number of likely N-dealkylation sites (tertiary alicyclic amines) is 1. The molecule has 1 unspecified atom stereocenters. The lowest BCUT2D eigenvalue weighted by atomic mass is 9.87. The third kappa shape index (κ3) is 4.94. The quantitative estimate of drug-likeness (QED) is 0.638. The zero-order chi connectivity index (χ0) is 20.8. The Morgan fingerprint density at radius 2 is 1.73 bits per heavy atom. The summed E-state index contributed by atoms with van der Waals surface area (Å²) < 4.78 is 0. The summed E-state index contributed by atoms with van der Waals surface area (Å²) in [5.41, 5.74) is 2.26. The molecular formula is C24H25N3O2S. The molecule has 2 heterocycles. The number of rotatable bonds is 6. The van der Waals surface area contributed by atoms with E-state index in [2.05, 4.69) is 34.6 Å². The molecule has 1 N–H and O–H groups in total. The third-order valence-electron chi connectivity index (χ3n) is 5.59. The molecule has 1 saturated heterocycles.